The van der Waals surface area contributed by atoms with Crippen LogP contribution in [0.3, 0.4) is 0 Å². The topological polar surface area (TPSA) is 50.4 Å². The van der Waals surface area contributed by atoms with E-state index in [4.69, 9.17) is 17.0 Å². The van der Waals surface area contributed by atoms with Crippen LogP contribution in [-0.4, -0.2) is 24.2 Å². The molecule has 4 fully saturated rings. The Morgan fingerprint density at radius 2 is 1.80 bits per heavy atom. The van der Waals surface area contributed by atoms with Gasteiger partial charge in [0.2, 0.25) is 0 Å². The number of thiocarbonyl (C=S) groups is 1. The second-order valence-corrected chi connectivity index (χ2v) is 9.05. The molecule has 4 aliphatic carbocycles. The van der Waals surface area contributed by atoms with Gasteiger partial charge in [0, 0.05) is 10.5 Å². The molecular weight excluding hydrogens is 400 g/mol. The minimum atomic E-state index is -0.237. The van der Waals surface area contributed by atoms with Crippen molar-refractivity contribution in [1.29, 1.82) is 0 Å². The fourth-order valence-electron chi connectivity index (χ4n) is 5.38. The van der Waals surface area contributed by atoms with Crippen LogP contribution in [0.15, 0.2) is 22.7 Å². The average Bonchev–Trinajstić information content (AvgIpc) is 2.57. The Labute approximate surface area is 162 Å². The first-order chi connectivity index (χ1) is 12.0. The Morgan fingerprint density at radius 1 is 1.16 bits per heavy atom. The Hall–Kier alpha value is -1.14. The number of rotatable bonds is 3. The summed E-state index contributed by atoms with van der Waals surface area (Å²) in [5.41, 5.74) is 0.478. The molecule has 0 unspecified atom stereocenters. The van der Waals surface area contributed by atoms with Crippen LogP contribution in [0.25, 0.3) is 0 Å². The van der Waals surface area contributed by atoms with E-state index in [1.54, 1.807) is 19.2 Å². The molecule has 1 amide bonds. The van der Waals surface area contributed by atoms with Crippen molar-refractivity contribution >= 4 is 39.2 Å². The molecule has 0 saturated heterocycles. The van der Waals surface area contributed by atoms with Crippen molar-refractivity contribution in [2.75, 3.05) is 7.11 Å². The van der Waals surface area contributed by atoms with Crippen LogP contribution in [0.4, 0.5) is 0 Å². The molecule has 4 aliphatic rings. The summed E-state index contributed by atoms with van der Waals surface area (Å²) in [7, 11) is 1.56. The number of halogens is 1. The zero-order valence-corrected chi connectivity index (χ0v) is 16.7. The van der Waals surface area contributed by atoms with Gasteiger partial charge in [0.05, 0.1) is 12.7 Å². The maximum Gasteiger partial charge on any atom is 0.261 e. The lowest BCUT2D eigenvalue weighted by Crippen LogP contribution is -2.57. The second kappa shape index (κ2) is 6.88. The maximum atomic E-state index is 12.6. The average molecular weight is 423 g/mol. The predicted molar refractivity (Wildman–Crippen MR) is 105 cm³/mol. The van der Waals surface area contributed by atoms with Gasteiger partial charge in [-0.1, -0.05) is 15.9 Å². The summed E-state index contributed by atoms with van der Waals surface area (Å²) in [5, 5.41) is 6.73. The number of amides is 1. The number of nitrogens with one attached hydrogen (secondary N) is 2. The van der Waals surface area contributed by atoms with Gasteiger partial charge >= 0.3 is 0 Å². The first-order valence-electron chi connectivity index (χ1n) is 8.99. The number of benzene rings is 1. The van der Waals surface area contributed by atoms with E-state index in [1.165, 1.54) is 32.1 Å². The van der Waals surface area contributed by atoms with Crippen LogP contribution in [0.1, 0.15) is 42.5 Å². The SMILES string of the molecule is COc1ccc(Br)cc1C(=O)NC(=S)NC1C2CC3CC(C2)CC1C3. The summed E-state index contributed by atoms with van der Waals surface area (Å²) in [4.78, 5) is 12.6. The molecule has 6 heteroatoms. The summed E-state index contributed by atoms with van der Waals surface area (Å²) in [6.07, 6.45) is 6.71. The highest BCUT2D eigenvalue weighted by molar-refractivity contribution is 9.10. The minimum Gasteiger partial charge on any atom is -0.496 e. The van der Waals surface area contributed by atoms with E-state index in [0.29, 0.717) is 34.3 Å². The Kier molecular flexibility index (Phi) is 4.75. The third-order valence-corrected chi connectivity index (χ3v) is 6.87. The molecule has 0 atom stereocenters. The molecule has 1 aromatic rings. The van der Waals surface area contributed by atoms with Gasteiger partial charge in [-0.3, -0.25) is 10.1 Å². The van der Waals surface area contributed by atoms with Crippen molar-refractivity contribution in [1.82, 2.24) is 10.6 Å². The van der Waals surface area contributed by atoms with E-state index in [9.17, 15) is 4.79 Å². The molecule has 0 aromatic heterocycles. The van der Waals surface area contributed by atoms with E-state index < -0.39 is 0 Å². The fourth-order valence-corrected chi connectivity index (χ4v) is 5.97. The van der Waals surface area contributed by atoms with Crippen molar-refractivity contribution in [3.8, 4) is 5.75 Å². The number of carbonyl (C=O) groups is 1. The Bertz CT molecular complexity index is 681. The largest absolute Gasteiger partial charge is 0.496 e. The second-order valence-electron chi connectivity index (χ2n) is 7.73. The highest BCUT2D eigenvalue weighted by atomic mass is 79.9. The molecule has 0 aliphatic heterocycles. The first kappa shape index (κ1) is 17.3. The van der Waals surface area contributed by atoms with Gasteiger partial charge in [-0.2, -0.15) is 0 Å². The van der Waals surface area contributed by atoms with E-state index >= 15 is 0 Å². The lowest BCUT2D eigenvalue weighted by molar-refractivity contribution is -0.00692. The number of methoxy groups -OCH3 is 1. The molecular formula is C19H23BrN2O2S. The smallest absolute Gasteiger partial charge is 0.261 e. The quantitative estimate of drug-likeness (QED) is 0.725. The van der Waals surface area contributed by atoms with E-state index in [1.807, 2.05) is 6.07 Å². The zero-order valence-electron chi connectivity index (χ0n) is 14.3. The lowest BCUT2D eigenvalue weighted by atomic mass is 9.54. The van der Waals surface area contributed by atoms with Gasteiger partial charge < -0.3 is 10.1 Å². The first-order valence-corrected chi connectivity index (χ1v) is 10.2. The van der Waals surface area contributed by atoms with Gasteiger partial charge in [0.15, 0.2) is 5.11 Å². The highest BCUT2D eigenvalue weighted by Gasteiger charge is 2.48. The van der Waals surface area contributed by atoms with Crippen molar-refractivity contribution in [3.05, 3.63) is 28.2 Å². The molecule has 5 rings (SSSR count). The molecule has 0 radical (unpaired) electrons. The van der Waals surface area contributed by atoms with Crippen LogP contribution >= 0.6 is 28.1 Å². The predicted octanol–water partition coefficient (Wildman–Crippen LogP) is 3.89. The van der Waals surface area contributed by atoms with Crippen LogP contribution in [-0.2, 0) is 0 Å². The van der Waals surface area contributed by atoms with Crippen LogP contribution in [0.2, 0.25) is 0 Å². The van der Waals surface area contributed by atoms with Crippen molar-refractivity contribution < 1.29 is 9.53 Å². The number of hydrogen-bond donors (Lipinski definition) is 2. The van der Waals surface area contributed by atoms with Gasteiger partial charge in [0.25, 0.3) is 5.91 Å². The van der Waals surface area contributed by atoms with E-state index in [2.05, 4.69) is 26.6 Å². The molecule has 134 valence electrons. The molecule has 4 saturated carbocycles. The highest BCUT2D eigenvalue weighted by Crippen LogP contribution is 2.53. The summed E-state index contributed by atoms with van der Waals surface area (Å²) in [5.74, 6) is 3.58. The van der Waals surface area contributed by atoms with Crippen molar-refractivity contribution in [3.63, 3.8) is 0 Å². The fraction of sp³-hybridized carbons (Fsp3) is 0.579. The molecule has 1 aromatic carbocycles. The Balaban J connectivity index is 1.41. The maximum absolute atomic E-state index is 12.6. The molecule has 4 bridgehead atoms. The number of ether oxygens (including phenoxy) is 1. The number of hydrogen-bond acceptors (Lipinski definition) is 3. The summed E-state index contributed by atoms with van der Waals surface area (Å²) >= 11 is 8.84. The molecule has 25 heavy (non-hydrogen) atoms. The van der Waals surface area contributed by atoms with Gasteiger partial charge in [-0.15, -0.1) is 0 Å². The van der Waals surface area contributed by atoms with Crippen molar-refractivity contribution in [2.24, 2.45) is 23.7 Å². The number of carbonyl (C=O) groups excluding carboxylic acids is 1. The summed E-state index contributed by atoms with van der Waals surface area (Å²) < 4.78 is 6.12. The van der Waals surface area contributed by atoms with Crippen LogP contribution < -0.4 is 15.4 Å². The molecule has 0 spiro atoms. The van der Waals surface area contributed by atoms with Crippen LogP contribution in [0.5, 0.6) is 5.75 Å². The normalized spacial score (nSPS) is 32.3. The van der Waals surface area contributed by atoms with E-state index in [-0.39, 0.29) is 5.91 Å². The molecule has 4 nitrogen and oxygen atoms in total. The van der Waals surface area contributed by atoms with Gasteiger partial charge in [-0.25, -0.2) is 0 Å². The van der Waals surface area contributed by atoms with Gasteiger partial charge in [0.1, 0.15) is 5.75 Å². The monoisotopic (exact) mass is 422 g/mol. The van der Waals surface area contributed by atoms with Crippen LogP contribution in [0, 0.1) is 23.7 Å². The zero-order chi connectivity index (χ0) is 17.6. The third kappa shape index (κ3) is 3.43. The molecule has 0 heterocycles. The lowest BCUT2D eigenvalue weighted by Gasteiger charge is -2.54. The summed E-state index contributed by atoms with van der Waals surface area (Å²) in [6.45, 7) is 0. The third-order valence-electron chi connectivity index (χ3n) is 6.16. The Morgan fingerprint density at radius 3 is 2.40 bits per heavy atom. The minimum absolute atomic E-state index is 0.237. The van der Waals surface area contributed by atoms with Crippen molar-refractivity contribution in [2.45, 2.75) is 38.1 Å². The standard InChI is InChI=1S/C19H23BrN2O2S/c1-24-16-3-2-14(20)9-15(16)18(23)22-19(25)21-17-12-5-10-4-11(7-12)8-13(17)6-10/h2-3,9-13,17H,4-8H2,1H3,(H2,21,22,23,25). The summed E-state index contributed by atoms with van der Waals surface area (Å²) in [6, 6.07) is 5.79. The van der Waals surface area contributed by atoms with E-state index in [0.717, 1.165) is 16.3 Å². The van der Waals surface area contributed by atoms with Gasteiger partial charge in [-0.05, 0) is 86.2 Å². The molecule has 2 N–H and O–H groups in total.